The van der Waals surface area contributed by atoms with E-state index in [0.29, 0.717) is 46.6 Å². The summed E-state index contributed by atoms with van der Waals surface area (Å²) in [6.45, 7) is 13.2. The molecular formula is C74H66HfN2O6-2. The van der Waals surface area contributed by atoms with Crippen LogP contribution < -0.4 is 9.47 Å². The van der Waals surface area contributed by atoms with Crippen LogP contribution in [0.5, 0.6) is 23.0 Å². The molecule has 0 amide bonds. The monoisotopic (exact) mass is 1260 g/mol. The number of ether oxygens (including phenoxy) is 2. The van der Waals surface area contributed by atoms with Gasteiger partial charge in [0.2, 0.25) is 0 Å². The van der Waals surface area contributed by atoms with Crippen LogP contribution in [0.3, 0.4) is 0 Å². The number of carbonyl (C=O) groups excluding carboxylic acids is 2. The van der Waals surface area contributed by atoms with Crippen molar-refractivity contribution in [2.45, 2.75) is 65.2 Å². The summed E-state index contributed by atoms with van der Waals surface area (Å²) < 4.78 is 17.2. The molecule has 12 aromatic rings. The third-order valence-electron chi connectivity index (χ3n) is 15.2. The van der Waals surface area contributed by atoms with Crippen molar-refractivity contribution >= 4 is 56.2 Å². The summed E-state index contributed by atoms with van der Waals surface area (Å²) in [7, 11) is 3.41. The number of hydrogen-bond donors (Lipinski definition) is 2. The second-order valence-electron chi connectivity index (χ2n) is 22.5. The first-order valence-electron chi connectivity index (χ1n) is 27.6. The summed E-state index contributed by atoms with van der Waals surface area (Å²) in [5.74, 6) is 1.75. The Balaban J connectivity index is 0.000000421. The molecule has 9 heteroatoms. The van der Waals surface area contributed by atoms with Gasteiger partial charge in [-0.15, -0.1) is 24.3 Å². The Bertz CT molecular complexity index is 3900. The molecule has 0 aliphatic heterocycles. The molecule has 12 rings (SSSR count). The van der Waals surface area contributed by atoms with Gasteiger partial charge in [0, 0.05) is 69.6 Å². The summed E-state index contributed by atoms with van der Waals surface area (Å²) in [6.07, 6.45) is 4.52. The number of aromatic hydroxyl groups is 2. The topological polar surface area (TPSA) is 103 Å². The van der Waals surface area contributed by atoms with E-state index >= 15 is 0 Å². The fraction of sp³-hybridized carbons (Fsp3) is 0.162. The molecule has 0 saturated heterocycles. The number of nitrogens with zero attached hydrogens (tertiary/aromatic N) is 2. The van der Waals surface area contributed by atoms with E-state index in [1.54, 1.807) is 75.3 Å². The number of phenolic OH excluding ortho intramolecular Hbond substituents is 2. The third kappa shape index (κ3) is 12.0. The summed E-state index contributed by atoms with van der Waals surface area (Å²) in [4.78, 5) is 19.8. The number of methoxy groups -OCH3 is 2. The van der Waals surface area contributed by atoms with E-state index in [0.717, 1.165) is 88.4 Å². The van der Waals surface area contributed by atoms with Crippen molar-refractivity contribution in [1.29, 1.82) is 0 Å². The first-order chi connectivity index (χ1) is 39.6. The van der Waals surface area contributed by atoms with Crippen molar-refractivity contribution in [3.63, 3.8) is 0 Å². The molecule has 2 N–H and O–H groups in total. The maximum Gasteiger partial charge on any atom is 0.150 e. The molecule has 0 radical (unpaired) electrons. The van der Waals surface area contributed by atoms with Crippen LogP contribution in [0.4, 0.5) is 0 Å². The summed E-state index contributed by atoms with van der Waals surface area (Å²) in [5.41, 5.74) is 13.7. The van der Waals surface area contributed by atoms with Crippen LogP contribution in [-0.4, -0.2) is 46.1 Å². The van der Waals surface area contributed by atoms with Gasteiger partial charge in [0.25, 0.3) is 0 Å². The molecule has 83 heavy (non-hydrogen) atoms. The molecule has 2 aromatic heterocycles. The maximum atomic E-state index is 12.5. The Hall–Kier alpha value is -8.79. The molecule has 0 unspecified atom stereocenters. The van der Waals surface area contributed by atoms with E-state index in [9.17, 15) is 19.8 Å². The zero-order valence-corrected chi connectivity index (χ0v) is 51.7. The van der Waals surface area contributed by atoms with Crippen LogP contribution in [0.25, 0.3) is 77.2 Å². The summed E-state index contributed by atoms with van der Waals surface area (Å²) >= 11 is 0. The van der Waals surface area contributed by atoms with Crippen LogP contribution >= 0.6 is 0 Å². The number of hydrogen-bond acceptors (Lipinski definition) is 6. The minimum atomic E-state index is -0.228. The molecule has 0 saturated carbocycles. The Labute approximate surface area is 505 Å². The van der Waals surface area contributed by atoms with E-state index in [4.69, 9.17) is 9.47 Å². The van der Waals surface area contributed by atoms with Crippen LogP contribution in [0, 0.1) is 0 Å². The molecule has 0 aliphatic carbocycles. The van der Waals surface area contributed by atoms with E-state index in [-0.39, 0.29) is 48.2 Å². The van der Waals surface area contributed by atoms with Gasteiger partial charge in [-0.3, -0.25) is 0 Å². The second-order valence-corrected chi connectivity index (χ2v) is 22.5. The summed E-state index contributed by atoms with van der Waals surface area (Å²) in [6, 6.07) is 72.4. The van der Waals surface area contributed by atoms with Crippen molar-refractivity contribution in [2.24, 2.45) is 0 Å². The number of aryl methyl sites for hydroxylation is 2. The first-order valence-corrected chi connectivity index (χ1v) is 27.6. The number of benzene rings is 10. The van der Waals surface area contributed by atoms with Gasteiger partial charge in [-0.05, 0) is 94.5 Å². The van der Waals surface area contributed by atoms with Gasteiger partial charge in [0.05, 0.1) is 60.2 Å². The van der Waals surface area contributed by atoms with Crippen molar-refractivity contribution in [1.82, 2.24) is 9.13 Å². The molecular weight excluding hydrogens is 1190 g/mol. The van der Waals surface area contributed by atoms with Gasteiger partial charge in [0.15, 0.2) is 11.5 Å². The maximum absolute atomic E-state index is 12.5. The zero-order chi connectivity index (χ0) is 57.7. The summed E-state index contributed by atoms with van der Waals surface area (Å²) in [5, 5.41) is 29.6. The quantitative estimate of drug-likeness (QED) is 0.0988. The molecule has 0 fully saturated rings. The second kappa shape index (κ2) is 25.1. The van der Waals surface area contributed by atoms with E-state index < -0.39 is 0 Å². The van der Waals surface area contributed by atoms with Crippen molar-refractivity contribution < 1.29 is 55.1 Å². The first kappa shape index (κ1) is 58.9. The van der Waals surface area contributed by atoms with Gasteiger partial charge >= 0.3 is 0 Å². The Morgan fingerprint density at radius 1 is 0.386 bits per heavy atom. The van der Waals surface area contributed by atoms with Crippen LogP contribution in [0.1, 0.15) is 74.9 Å². The predicted octanol–water partition coefficient (Wildman–Crippen LogP) is 17.3. The number of para-hydroxylation sites is 6. The predicted molar refractivity (Wildman–Crippen MR) is 336 cm³/mol. The van der Waals surface area contributed by atoms with Crippen LogP contribution in [-0.2, 0) is 59.1 Å². The normalized spacial score (nSPS) is 11.3. The number of phenols is 2. The molecule has 2 heterocycles. The van der Waals surface area contributed by atoms with Crippen molar-refractivity contribution in [2.75, 3.05) is 14.2 Å². The molecule has 8 nitrogen and oxygen atoms in total. The molecule has 414 valence electrons. The molecule has 10 aromatic carbocycles. The van der Waals surface area contributed by atoms with Gasteiger partial charge in [-0.2, -0.15) is 35.4 Å². The van der Waals surface area contributed by atoms with E-state index in [2.05, 4.69) is 184 Å². The number of fused-ring (bicyclic) bond motifs is 6. The Morgan fingerprint density at radius 2 is 0.687 bits per heavy atom. The average Bonchev–Trinajstić information content (AvgIpc) is 3.36. The Morgan fingerprint density at radius 3 is 0.964 bits per heavy atom. The third-order valence-corrected chi connectivity index (χ3v) is 15.2. The zero-order valence-electron chi connectivity index (χ0n) is 48.1. The SMILES string of the molecule is COc1c(-c2cc(C(C)(C)C)cc(CCc3cc(C(C)(C)C)cc(-c4cccc(-n5c6ccccc6c6ccccc65)c4OC)c3O)c2O)cccc1-n1c2ccccc2c2ccccc21.O=[C-]c1ccccc1.O=[C-]c1ccccc1.[Hf]. The molecule has 0 aliphatic rings. The number of aromatic nitrogens is 2. The van der Waals surface area contributed by atoms with E-state index in [1.165, 1.54) is 0 Å². The van der Waals surface area contributed by atoms with Crippen molar-refractivity contribution in [3.8, 4) is 56.6 Å². The molecule has 0 bridgehead atoms. The largest absolute Gasteiger partial charge is 0.507 e. The fourth-order valence-corrected chi connectivity index (χ4v) is 10.9. The standard InChI is InChI=1S/C60H56N2O4.2C7H5O.Hf/c1-59(2,3)39-33-37(55(63)47(35-39)45-23-17-29-53(57(45)65-7)61-49-25-13-9-19-41(49)42-20-10-14-26-50(42)61)31-32-38-34-40(60(4,5)6)36-48(56(38)64)46-24-18-30-54(58(46)66-8)62-51-27-15-11-21-43(51)44-22-12-16-28-52(44)62;2*8-6-7-4-2-1-3-5-7;/h9-30,33-36,63-64H,31-32H2,1-8H3;2*1-5H;/q;2*-1;. The van der Waals surface area contributed by atoms with Gasteiger partial charge in [0.1, 0.15) is 11.5 Å². The van der Waals surface area contributed by atoms with Gasteiger partial charge in [-0.1, -0.05) is 163 Å². The smallest absolute Gasteiger partial charge is 0.150 e. The number of rotatable bonds is 11. The Kier molecular flexibility index (Phi) is 17.8. The van der Waals surface area contributed by atoms with Gasteiger partial charge in [-0.25, -0.2) is 0 Å². The minimum Gasteiger partial charge on any atom is -0.507 e. The molecule has 0 spiro atoms. The van der Waals surface area contributed by atoms with E-state index in [1.807, 2.05) is 36.4 Å². The minimum absolute atomic E-state index is 0. The van der Waals surface area contributed by atoms with Crippen LogP contribution in [0.2, 0.25) is 0 Å². The van der Waals surface area contributed by atoms with Gasteiger partial charge < -0.3 is 38.4 Å². The average molecular weight is 1260 g/mol. The van der Waals surface area contributed by atoms with Crippen molar-refractivity contribution in [3.05, 3.63) is 252 Å². The fourth-order valence-electron chi connectivity index (χ4n) is 10.9. The van der Waals surface area contributed by atoms with Crippen LogP contribution in [0.15, 0.2) is 218 Å². The molecule has 0 atom stereocenters.